The summed E-state index contributed by atoms with van der Waals surface area (Å²) in [6.07, 6.45) is 3.20. The smallest absolute Gasteiger partial charge is 0.210 e. The number of nitrogens with two attached hydrogens (primary N) is 1. The van der Waals surface area contributed by atoms with E-state index >= 15 is 0 Å². The Labute approximate surface area is 70.8 Å². The van der Waals surface area contributed by atoms with Gasteiger partial charge in [0, 0.05) is 0 Å². The van der Waals surface area contributed by atoms with E-state index in [2.05, 4.69) is 22.3 Å². The molecule has 0 bridgehead atoms. The lowest BCUT2D eigenvalue weighted by Gasteiger charge is -1.99. The molecule has 0 fully saturated rings. The van der Waals surface area contributed by atoms with Crippen LogP contribution in [0, 0.1) is 0 Å². The summed E-state index contributed by atoms with van der Waals surface area (Å²) in [4.78, 5) is 6.89. The first-order valence-corrected chi connectivity index (χ1v) is 3.48. The molecule has 1 unspecified atom stereocenters. The van der Waals surface area contributed by atoms with Gasteiger partial charge in [0.15, 0.2) is 0 Å². The molecule has 0 aliphatic carbocycles. The van der Waals surface area contributed by atoms with Gasteiger partial charge in [-0.05, 0) is 6.08 Å². The number of ether oxygens (including phenoxy) is 1. The third-order valence-electron chi connectivity index (χ3n) is 1.41. The Morgan fingerprint density at radius 2 is 2.67 bits per heavy atom. The Kier molecular flexibility index (Phi) is 2.69. The van der Waals surface area contributed by atoms with E-state index in [0.717, 1.165) is 0 Å². The summed E-state index contributed by atoms with van der Waals surface area (Å²) in [6, 6.07) is -0.300. The van der Waals surface area contributed by atoms with E-state index in [4.69, 9.17) is 10.5 Å². The Morgan fingerprint density at radius 3 is 3.17 bits per heavy atom. The molecule has 0 amide bonds. The molecule has 0 aliphatic rings. The maximum absolute atomic E-state index is 5.67. The Balaban J connectivity index is 2.81. The number of rotatable bonds is 3. The van der Waals surface area contributed by atoms with Gasteiger partial charge in [-0.3, -0.25) is 0 Å². The van der Waals surface area contributed by atoms with Crippen LogP contribution < -0.4 is 10.5 Å². The van der Waals surface area contributed by atoms with Crippen LogP contribution in [-0.4, -0.2) is 17.1 Å². The average Bonchev–Trinajstić information content (AvgIpc) is 2.52. The number of nitrogens with zero attached hydrogens (tertiary/aromatic N) is 1. The SMILES string of the molecule is C=C=CC(N)c1ncc(OC)[nH]1. The monoisotopic (exact) mass is 165 g/mol. The van der Waals surface area contributed by atoms with Crippen molar-refractivity contribution < 1.29 is 4.74 Å². The van der Waals surface area contributed by atoms with Gasteiger partial charge in [0.1, 0.15) is 5.82 Å². The van der Waals surface area contributed by atoms with Gasteiger partial charge in [-0.2, -0.15) is 0 Å². The van der Waals surface area contributed by atoms with E-state index < -0.39 is 0 Å². The van der Waals surface area contributed by atoms with Crippen LogP contribution >= 0.6 is 0 Å². The first kappa shape index (κ1) is 8.59. The van der Waals surface area contributed by atoms with Gasteiger partial charge < -0.3 is 15.5 Å². The lowest BCUT2D eigenvalue weighted by molar-refractivity contribution is 0.399. The van der Waals surface area contributed by atoms with Crippen LogP contribution in [0.5, 0.6) is 5.88 Å². The standard InChI is InChI=1S/C8H11N3O/c1-3-4-6(9)8-10-5-7(11-8)12-2/h4-6H,1,9H2,2H3,(H,10,11). The highest BCUT2D eigenvalue weighted by Gasteiger charge is 2.05. The number of imidazole rings is 1. The Bertz CT molecular complexity index is 299. The minimum Gasteiger partial charge on any atom is -0.481 e. The maximum Gasteiger partial charge on any atom is 0.210 e. The van der Waals surface area contributed by atoms with E-state index in [1.54, 1.807) is 19.4 Å². The molecule has 0 radical (unpaired) electrons. The van der Waals surface area contributed by atoms with Crippen molar-refractivity contribution in [1.29, 1.82) is 0 Å². The van der Waals surface area contributed by atoms with Gasteiger partial charge in [0.05, 0.1) is 19.3 Å². The fraction of sp³-hybridized carbons (Fsp3) is 0.250. The molecule has 12 heavy (non-hydrogen) atoms. The minimum absolute atomic E-state index is 0.300. The molecule has 0 aliphatic heterocycles. The first-order chi connectivity index (χ1) is 5.77. The molecule has 4 heteroatoms. The molecule has 0 saturated heterocycles. The van der Waals surface area contributed by atoms with E-state index in [1.165, 1.54) is 0 Å². The summed E-state index contributed by atoms with van der Waals surface area (Å²) < 4.78 is 4.90. The summed E-state index contributed by atoms with van der Waals surface area (Å²) in [5, 5.41) is 0. The normalized spacial score (nSPS) is 11.8. The molecular weight excluding hydrogens is 154 g/mol. The predicted molar refractivity (Wildman–Crippen MR) is 45.8 cm³/mol. The van der Waals surface area contributed by atoms with E-state index in [-0.39, 0.29) is 6.04 Å². The van der Waals surface area contributed by atoms with Crippen molar-refractivity contribution in [3.8, 4) is 5.88 Å². The first-order valence-electron chi connectivity index (χ1n) is 3.48. The number of nitrogens with one attached hydrogen (secondary N) is 1. The third-order valence-corrected chi connectivity index (χ3v) is 1.41. The molecule has 1 atom stereocenters. The van der Waals surface area contributed by atoms with Crippen LogP contribution in [0.4, 0.5) is 0 Å². The molecule has 1 aromatic heterocycles. The Hall–Kier alpha value is -1.51. The molecule has 0 saturated carbocycles. The number of aromatic nitrogens is 2. The molecule has 0 spiro atoms. The lowest BCUT2D eigenvalue weighted by atomic mass is 10.3. The fourth-order valence-electron chi connectivity index (χ4n) is 0.798. The van der Waals surface area contributed by atoms with Gasteiger partial charge in [-0.25, -0.2) is 4.98 Å². The van der Waals surface area contributed by atoms with Crippen LogP contribution in [0.3, 0.4) is 0 Å². The van der Waals surface area contributed by atoms with Gasteiger partial charge in [-0.15, -0.1) is 5.73 Å². The van der Waals surface area contributed by atoms with Crippen molar-refractivity contribution in [1.82, 2.24) is 9.97 Å². The van der Waals surface area contributed by atoms with Crippen LogP contribution in [0.2, 0.25) is 0 Å². The number of hydrogen-bond acceptors (Lipinski definition) is 3. The maximum atomic E-state index is 5.67. The van der Waals surface area contributed by atoms with Gasteiger partial charge >= 0.3 is 0 Å². The largest absolute Gasteiger partial charge is 0.481 e. The van der Waals surface area contributed by atoms with Crippen molar-refractivity contribution in [3.63, 3.8) is 0 Å². The fourth-order valence-corrected chi connectivity index (χ4v) is 0.798. The van der Waals surface area contributed by atoms with E-state index in [0.29, 0.717) is 11.7 Å². The van der Waals surface area contributed by atoms with Gasteiger partial charge in [-0.1, -0.05) is 6.58 Å². The molecule has 64 valence electrons. The van der Waals surface area contributed by atoms with Crippen molar-refractivity contribution in [3.05, 3.63) is 30.4 Å². The molecular formula is C8H11N3O. The zero-order valence-corrected chi connectivity index (χ0v) is 6.87. The number of H-pyrrole nitrogens is 1. The van der Waals surface area contributed by atoms with Crippen molar-refractivity contribution in [2.75, 3.05) is 7.11 Å². The van der Waals surface area contributed by atoms with Crippen LogP contribution in [0.25, 0.3) is 0 Å². The molecule has 4 nitrogen and oxygen atoms in total. The Morgan fingerprint density at radius 1 is 1.92 bits per heavy atom. The zero-order chi connectivity index (χ0) is 8.97. The van der Waals surface area contributed by atoms with Gasteiger partial charge in [0.25, 0.3) is 0 Å². The van der Waals surface area contributed by atoms with E-state index in [9.17, 15) is 0 Å². The number of aromatic amines is 1. The molecule has 1 heterocycles. The lowest BCUT2D eigenvalue weighted by Crippen LogP contribution is -2.08. The minimum atomic E-state index is -0.300. The highest BCUT2D eigenvalue weighted by molar-refractivity contribution is 5.12. The summed E-state index contributed by atoms with van der Waals surface area (Å²) in [7, 11) is 1.56. The molecule has 0 aromatic carbocycles. The summed E-state index contributed by atoms with van der Waals surface area (Å²) >= 11 is 0. The summed E-state index contributed by atoms with van der Waals surface area (Å²) in [6.45, 7) is 3.42. The molecule has 3 N–H and O–H groups in total. The van der Waals surface area contributed by atoms with Crippen molar-refractivity contribution >= 4 is 0 Å². The number of hydrogen-bond donors (Lipinski definition) is 2. The topological polar surface area (TPSA) is 63.9 Å². The quantitative estimate of drug-likeness (QED) is 0.650. The average molecular weight is 165 g/mol. The van der Waals surface area contributed by atoms with E-state index in [1.807, 2.05) is 0 Å². The molecule has 1 aromatic rings. The summed E-state index contributed by atoms with van der Waals surface area (Å²) in [5.41, 5.74) is 8.26. The summed E-state index contributed by atoms with van der Waals surface area (Å²) in [5.74, 6) is 1.24. The van der Waals surface area contributed by atoms with Crippen molar-refractivity contribution in [2.24, 2.45) is 5.73 Å². The second kappa shape index (κ2) is 3.76. The second-order valence-electron chi connectivity index (χ2n) is 2.23. The third kappa shape index (κ3) is 1.75. The van der Waals surface area contributed by atoms with Crippen molar-refractivity contribution in [2.45, 2.75) is 6.04 Å². The van der Waals surface area contributed by atoms with Crippen LogP contribution in [0.1, 0.15) is 11.9 Å². The highest BCUT2D eigenvalue weighted by Crippen LogP contribution is 2.11. The second-order valence-corrected chi connectivity index (χ2v) is 2.23. The predicted octanol–water partition coefficient (Wildman–Crippen LogP) is 0.759. The molecule has 1 rings (SSSR count). The van der Waals surface area contributed by atoms with Gasteiger partial charge in [0.2, 0.25) is 5.88 Å². The highest BCUT2D eigenvalue weighted by atomic mass is 16.5. The zero-order valence-electron chi connectivity index (χ0n) is 6.87. The van der Waals surface area contributed by atoms with Crippen LogP contribution in [-0.2, 0) is 0 Å². The number of methoxy groups -OCH3 is 1. The van der Waals surface area contributed by atoms with Crippen LogP contribution in [0.15, 0.2) is 24.6 Å².